The first-order chi connectivity index (χ1) is 13.6. The van der Waals surface area contributed by atoms with Gasteiger partial charge >= 0.3 is 12.3 Å². The molecule has 1 N–H and O–H groups in total. The second-order valence-electron chi connectivity index (χ2n) is 8.79. The summed E-state index contributed by atoms with van der Waals surface area (Å²) in [5.74, 6) is -0.0400. The number of halogens is 1. The van der Waals surface area contributed by atoms with Gasteiger partial charge in [0.2, 0.25) is 6.73 Å². The summed E-state index contributed by atoms with van der Waals surface area (Å²) in [5.41, 5.74) is 0.678. The lowest BCUT2D eigenvalue weighted by Crippen LogP contribution is -2.33. The predicted octanol–water partition coefficient (Wildman–Crippen LogP) is 3.99. The van der Waals surface area contributed by atoms with Gasteiger partial charge in [-0.05, 0) is 70.1 Å². The number of nitrogens with zero attached hydrogens (tertiary/aromatic N) is 3. The minimum absolute atomic E-state index is 0.164. The molecule has 2 unspecified atom stereocenters. The molecule has 0 fully saturated rings. The van der Waals surface area contributed by atoms with Crippen molar-refractivity contribution in [3.63, 3.8) is 0 Å². The standard InChI is InChI=1S/C22H33ClN3O3/c1-17(13-18-8-10-19(23)11-9-18)20(27)7-5-6-12-26-15-25(14-24-26)16-29-21(28)22(2,3)4/h8-11,17,20,27H,5-7,12-13,15-16H2,1-4H3/q+1. The molecule has 29 heavy (non-hydrogen) atoms. The van der Waals surface area contributed by atoms with Crippen molar-refractivity contribution in [3.05, 3.63) is 34.9 Å². The van der Waals surface area contributed by atoms with E-state index in [4.69, 9.17) is 16.3 Å². The summed E-state index contributed by atoms with van der Waals surface area (Å²) in [6.45, 7) is 9.07. The number of carbonyl (C=O) groups excluding carboxylic acids is 1. The van der Waals surface area contributed by atoms with E-state index < -0.39 is 5.41 Å². The normalized spacial score (nSPS) is 15.9. The second kappa shape index (κ2) is 10.8. The van der Waals surface area contributed by atoms with Crippen LogP contribution in [0.3, 0.4) is 0 Å². The van der Waals surface area contributed by atoms with Crippen molar-refractivity contribution in [1.29, 1.82) is 0 Å². The molecule has 0 aliphatic carbocycles. The van der Waals surface area contributed by atoms with Crippen LogP contribution in [0.2, 0.25) is 5.02 Å². The molecule has 0 saturated heterocycles. The molecule has 1 aromatic rings. The number of unbranched alkanes of at least 4 members (excludes halogenated alkanes) is 1. The highest BCUT2D eigenvalue weighted by Gasteiger charge is 2.30. The molecule has 2 atom stereocenters. The van der Waals surface area contributed by atoms with Crippen LogP contribution in [0.15, 0.2) is 29.4 Å². The molecule has 1 heterocycles. The van der Waals surface area contributed by atoms with Gasteiger partial charge in [0.15, 0.2) is 6.67 Å². The molecule has 0 radical (unpaired) electrons. The van der Waals surface area contributed by atoms with Crippen molar-refractivity contribution < 1.29 is 14.6 Å². The van der Waals surface area contributed by atoms with E-state index in [2.05, 4.69) is 18.4 Å². The van der Waals surface area contributed by atoms with Crippen LogP contribution in [0, 0.1) is 11.3 Å². The van der Waals surface area contributed by atoms with E-state index in [0.29, 0.717) is 6.67 Å². The van der Waals surface area contributed by atoms with Gasteiger partial charge in [0.1, 0.15) is 5.10 Å². The molecule has 7 heteroatoms. The van der Waals surface area contributed by atoms with E-state index in [1.54, 1.807) is 4.90 Å². The quantitative estimate of drug-likeness (QED) is 0.351. The van der Waals surface area contributed by atoms with Crippen molar-refractivity contribution in [2.24, 2.45) is 16.4 Å². The Hall–Kier alpha value is -1.88. The van der Waals surface area contributed by atoms with Gasteiger partial charge in [-0.2, -0.15) is 0 Å². The Morgan fingerprint density at radius 1 is 1.31 bits per heavy atom. The third-order valence-corrected chi connectivity index (χ3v) is 5.17. The third-order valence-electron chi connectivity index (χ3n) is 4.92. The average molecular weight is 423 g/mol. The number of hydrogen-bond donors (Lipinski definition) is 1. The van der Waals surface area contributed by atoms with Crippen LogP contribution in [0.5, 0.6) is 0 Å². The minimum Gasteiger partial charge on any atom is -0.440 e. The Labute approximate surface area is 179 Å². The van der Waals surface area contributed by atoms with Crippen LogP contribution in [0.1, 0.15) is 52.5 Å². The number of carbonyl (C=O) groups is 1. The van der Waals surface area contributed by atoms with Crippen molar-refractivity contribution in [2.75, 3.05) is 19.9 Å². The van der Waals surface area contributed by atoms with E-state index in [0.717, 1.165) is 37.3 Å². The summed E-state index contributed by atoms with van der Waals surface area (Å²) in [7, 11) is 0. The lowest BCUT2D eigenvalue weighted by molar-refractivity contribution is -0.156. The van der Waals surface area contributed by atoms with Crippen molar-refractivity contribution in [1.82, 2.24) is 9.91 Å². The lowest BCUT2D eigenvalue weighted by atomic mass is 9.93. The fourth-order valence-electron chi connectivity index (χ4n) is 2.99. The largest absolute Gasteiger partial charge is 0.547 e. The van der Waals surface area contributed by atoms with E-state index in [-0.39, 0.29) is 24.7 Å². The SMILES string of the molecule is CC(Cc1ccc(Cl)cc1)C(O)CCCCN1CN(COC(=O)C(C)(C)C)[C+]=N1. The average Bonchev–Trinajstić information content (AvgIpc) is 3.11. The number of hydrazone groups is 1. The van der Waals surface area contributed by atoms with Crippen molar-refractivity contribution in [3.8, 4) is 0 Å². The molecule has 0 saturated carbocycles. The first-order valence-electron chi connectivity index (χ1n) is 10.2. The van der Waals surface area contributed by atoms with Crippen molar-refractivity contribution >= 4 is 23.9 Å². The zero-order valence-electron chi connectivity index (χ0n) is 17.9. The summed E-state index contributed by atoms with van der Waals surface area (Å²) in [5, 5.41) is 17.3. The Morgan fingerprint density at radius 3 is 2.66 bits per heavy atom. The highest BCUT2D eigenvalue weighted by Crippen LogP contribution is 2.19. The molecule has 0 bridgehead atoms. The highest BCUT2D eigenvalue weighted by atomic mass is 35.5. The summed E-state index contributed by atoms with van der Waals surface area (Å²) in [6.07, 6.45) is 6.00. The van der Waals surface area contributed by atoms with Crippen LogP contribution in [-0.4, -0.2) is 53.4 Å². The molecule has 0 aromatic heterocycles. The van der Waals surface area contributed by atoms with Crippen molar-refractivity contribution in [2.45, 2.75) is 59.5 Å². The molecule has 1 aromatic carbocycles. The van der Waals surface area contributed by atoms with Gasteiger partial charge in [-0.3, -0.25) is 4.79 Å². The van der Waals surface area contributed by atoms with Gasteiger partial charge in [0.05, 0.1) is 11.5 Å². The molecule has 1 aliphatic rings. The Balaban J connectivity index is 1.59. The van der Waals surface area contributed by atoms with Crippen LogP contribution >= 0.6 is 11.6 Å². The van der Waals surface area contributed by atoms with Gasteiger partial charge in [-0.1, -0.05) is 35.6 Å². The topological polar surface area (TPSA) is 65.4 Å². The second-order valence-corrected chi connectivity index (χ2v) is 9.23. The molecule has 2 rings (SSSR count). The fraction of sp³-hybridized carbons (Fsp3) is 0.636. The number of hydrogen-bond acceptors (Lipinski definition) is 6. The third kappa shape index (κ3) is 8.17. The Kier molecular flexibility index (Phi) is 8.69. The first kappa shape index (κ1) is 23.4. The Morgan fingerprint density at radius 2 is 2.00 bits per heavy atom. The van der Waals surface area contributed by atoms with E-state index in [1.807, 2.05) is 50.0 Å². The number of rotatable bonds is 10. The minimum atomic E-state index is -0.512. The van der Waals surface area contributed by atoms with Gasteiger partial charge in [0.25, 0.3) is 0 Å². The molecular weight excluding hydrogens is 390 g/mol. The van der Waals surface area contributed by atoms with Gasteiger partial charge in [-0.25, -0.2) is 5.01 Å². The highest BCUT2D eigenvalue weighted by molar-refractivity contribution is 6.30. The molecule has 160 valence electrons. The summed E-state index contributed by atoms with van der Waals surface area (Å²) in [4.78, 5) is 13.6. The maximum absolute atomic E-state index is 11.8. The van der Waals surface area contributed by atoms with Crippen LogP contribution in [0.25, 0.3) is 0 Å². The maximum Gasteiger partial charge on any atom is 0.547 e. The molecule has 1 aliphatic heterocycles. The zero-order valence-corrected chi connectivity index (χ0v) is 18.7. The molecule has 0 spiro atoms. The number of aliphatic hydroxyl groups excluding tert-OH is 1. The zero-order chi connectivity index (χ0) is 21.4. The van der Waals surface area contributed by atoms with Gasteiger partial charge < -0.3 is 9.84 Å². The van der Waals surface area contributed by atoms with Crippen LogP contribution in [-0.2, 0) is 16.0 Å². The fourth-order valence-corrected chi connectivity index (χ4v) is 3.12. The lowest BCUT2D eigenvalue weighted by Gasteiger charge is -2.19. The first-order valence-corrected chi connectivity index (χ1v) is 10.6. The number of aliphatic hydroxyl groups is 1. The number of benzene rings is 1. The number of esters is 1. The molecule has 6 nitrogen and oxygen atoms in total. The summed E-state index contributed by atoms with van der Waals surface area (Å²) >= 11 is 5.92. The van der Waals surface area contributed by atoms with Gasteiger partial charge in [-0.15, -0.1) is 0 Å². The van der Waals surface area contributed by atoms with E-state index in [1.165, 1.54) is 5.56 Å². The van der Waals surface area contributed by atoms with Gasteiger partial charge in [0, 0.05) is 11.6 Å². The Bertz CT molecular complexity index is 673. The maximum atomic E-state index is 11.8. The monoisotopic (exact) mass is 422 g/mol. The predicted molar refractivity (Wildman–Crippen MR) is 115 cm³/mol. The summed E-state index contributed by atoms with van der Waals surface area (Å²) in [6, 6.07) is 7.80. The molecule has 0 amide bonds. The molecular formula is C22H33ClN3O3+. The van der Waals surface area contributed by atoms with Crippen LogP contribution < -0.4 is 0 Å². The van der Waals surface area contributed by atoms with Crippen LogP contribution in [0.4, 0.5) is 0 Å². The van der Waals surface area contributed by atoms with E-state index >= 15 is 0 Å². The number of ether oxygens (including phenoxy) is 1. The smallest absolute Gasteiger partial charge is 0.440 e. The van der Waals surface area contributed by atoms with E-state index in [9.17, 15) is 9.90 Å². The summed E-state index contributed by atoms with van der Waals surface area (Å²) < 4.78 is 5.27.